The van der Waals surface area contributed by atoms with Crippen molar-refractivity contribution in [3.8, 4) is 0 Å². The first kappa shape index (κ1) is 20.0. The third-order valence-corrected chi connectivity index (χ3v) is 3.49. The van der Waals surface area contributed by atoms with Gasteiger partial charge in [0.15, 0.2) is 0 Å². The van der Waals surface area contributed by atoms with Crippen molar-refractivity contribution in [1.29, 1.82) is 0 Å². The Morgan fingerprint density at radius 2 is 1.83 bits per heavy atom. The number of carbonyl (C=O) groups excluding carboxylic acids is 2. The number of hydrogen-bond acceptors (Lipinski definition) is 4. The third kappa shape index (κ3) is 9.84. The van der Waals surface area contributed by atoms with Crippen LogP contribution in [0.4, 0.5) is 4.79 Å². The molecule has 0 heterocycles. The second-order valence-corrected chi connectivity index (χ2v) is 5.67. The predicted octanol–water partition coefficient (Wildman–Crippen LogP) is 2.36. The van der Waals surface area contributed by atoms with Gasteiger partial charge in [0, 0.05) is 19.5 Å². The fraction of sp³-hybridized carbons (Fsp3) is 0.556. The van der Waals surface area contributed by atoms with Gasteiger partial charge >= 0.3 is 6.09 Å². The van der Waals surface area contributed by atoms with E-state index in [2.05, 4.69) is 10.6 Å². The van der Waals surface area contributed by atoms with Crippen LogP contribution in [-0.2, 0) is 16.1 Å². The monoisotopic (exact) mass is 336 g/mol. The van der Waals surface area contributed by atoms with Gasteiger partial charge in [0.2, 0.25) is 5.91 Å². The number of hydrogen-bond donors (Lipinski definition) is 3. The fourth-order valence-corrected chi connectivity index (χ4v) is 2.20. The van der Waals surface area contributed by atoms with Gasteiger partial charge in [-0.3, -0.25) is 4.79 Å². The van der Waals surface area contributed by atoms with E-state index in [0.29, 0.717) is 32.4 Å². The molecule has 3 N–H and O–H groups in total. The maximum Gasteiger partial charge on any atom is 0.407 e. The molecule has 1 atom stereocenters. The largest absolute Gasteiger partial charge is 0.445 e. The van der Waals surface area contributed by atoms with Crippen LogP contribution in [0.25, 0.3) is 0 Å². The number of ether oxygens (including phenoxy) is 1. The standard InChI is InChI=1S/C18H28N2O4/c1-2-7-16(21)10-6-11-17(22)19-12-13-20-18(23)24-14-15-8-4-3-5-9-15/h3-5,8-9,16,21H,2,6-7,10-14H2,1H3,(H,19,22)(H,20,23)/t16-/m0/s1. The van der Waals surface area contributed by atoms with Crippen molar-refractivity contribution in [2.45, 2.75) is 51.7 Å². The number of carbonyl (C=O) groups is 2. The summed E-state index contributed by atoms with van der Waals surface area (Å²) in [5, 5.41) is 14.9. The summed E-state index contributed by atoms with van der Waals surface area (Å²) >= 11 is 0. The van der Waals surface area contributed by atoms with Crippen molar-refractivity contribution in [2.24, 2.45) is 0 Å². The van der Waals surface area contributed by atoms with E-state index in [1.165, 1.54) is 0 Å². The van der Waals surface area contributed by atoms with Crippen LogP contribution < -0.4 is 10.6 Å². The molecular weight excluding hydrogens is 308 g/mol. The van der Waals surface area contributed by atoms with E-state index < -0.39 is 6.09 Å². The highest BCUT2D eigenvalue weighted by molar-refractivity contribution is 5.75. The molecular formula is C18H28N2O4. The van der Waals surface area contributed by atoms with Gasteiger partial charge in [-0.1, -0.05) is 43.7 Å². The Morgan fingerprint density at radius 3 is 2.54 bits per heavy atom. The molecule has 0 bridgehead atoms. The normalized spacial score (nSPS) is 11.6. The quantitative estimate of drug-likeness (QED) is 0.541. The lowest BCUT2D eigenvalue weighted by molar-refractivity contribution is -0.121. The van der Waals surface area contributed by atoms with Crippen molar-refractivity contribution in [3.63, 3.8) is 0 Å². The average Bonchev–Trinajstić information content (AvgIpc) is 2.58. The fourth-order valence-electron chi connectivity index (χ4n) is 2.20. The zero-order valence-corrected chi connectivity index (χ0v) is 14.3. The minimum absolute atomic E-state index is 0.0712. The summed E-state index contributed by atoms with van der Waals surface area (Å²) < 4.78 is 5.06. The van der Waals surface area contributed by atoms with Crippen LogP contribution in [0.3, 0.4) is 0 Å². The minimum atomic E-state index is -0.504. The first-order chi connectivity index (χ1) is 11.6. The van der Waals surface area contributed by atoms with Crippen LogP contribution in [0.1, 0.15) is 44.6 Å². The maximum atomic E-state index is 11.6. The lowest BCUT2D eigenvalue weighted by atomic mass is 10.1. The topological polar surface area (TPSA) is 87.7 Å². The average molecular weight is 336 g/mol. The lowest BCUT2D eigenvalue weighted by Gasteiger charge is -2.10. The van der Waals surface area contributed by atoms with Gasteiger partial charge in [0.05, 0.1) is 6.10 Å². The van der Waals surface area contributed by atoms with Crippen molar-refractivity contribution in [2.75, 3.05) is 13.1 Å². The Hall–Kier alpha value is -2.08. The van der Waals surface area contributed by atoms with E-state index in [0.717, 1.165) is 18.4 Å². The number of benzene rings is 1. The molecule has 6 nitrogen and oxygen atoms in total. The highest BCUT2D eigenvalue weighted by atomic mass is 16.5. The molecule has 0 saturated carbocycles. The molecule has 0 fully saturated rings. The van der Waals surface area contributed by atoms with E-state index in [9.17, 15) is 14.7 Å². The molecule has 0 aliphatic carbocycles. The lowest BCUT2D eigenvalue weighted by Crippen LogP contribution is -2.34. The molecule has 0 saturated heterocycles. The van der Waals surface area contributed by atoms with Crippen LogP contribution in [0, 0.1) is 0 Å². The van der Waals surface area contributed by atoms with Crippen LogP contribution in [0.5, 0.6) is 0 Å². The van der Waals surface area contributed by atoms with E-state index >= 15 is 0 Å². The molecule has 134 valence electrons. The Labute approximate surface area is 143 Å². The molecule has 0 aliphatic rings. The Kier molecular flexibility index (Phi) is 10.3. The molecule has 0 aliphatic heterocycles. The van der Waals surface area contributed by atoms with Crippen LogP contribution >= 0.6 is 0 Å². The molecule has 2 amide bonds. The van der Waals surface area contributed by atoms with Crippen molar-refractivity contribution in [1.82, 2.24) is 10.6 Å². The SMILES string of the molecule is CCC[C@H](O)CCCC(=O)NCCNC(=O)OCc1ccccc1. The first-order valence-electron chi connectivity index (χ1n) is 8.51. The van der Waals surface area contributed by atoms with Crippen molar-refractivity contribution < 1.29 is 19.4 Å². The molecule has 0 radical (unpaired) electrons. The van der Waals surface area contributed by atoms with Gasteiger partial charge < -0.3 is 20.5 Å². The zero-order chi connectivity index (χ0) is 17.6. The molecule has 0 aromatic heterocycles. The highest BCUT2D eigenvalue weighted by Gasteiger charge is 2.06. The number of alkyl carbamates (subject to hydrolysis) is 1. The Balaban J connectivity index is 2.00. The smallest absolute Gasteiger partial charge is 0.407 e. The van der Waals surface area contributed by atoms with Gasteiger partial charge in [-0.2, -0.15) is 0 Å². The second-order valence-electron chi connectivity index (χ2n) is 5.67. The van der Waals surface area contributed by atoms with Crippen molar-refractivity contribution >= 4 is 12.0 Å². The van der Waals surface area contributed by atoms with Gasteiger partial charge in [0.1, 0.15) is 6.61 Å². The second kappa shape index (κ2) is 12.4. The van der Waals surface area contributed by atoms with Gasteiger partial charge in [-0.05, 0) is 24.8 Å². The summed E-state index contributed by atoms with van der Waals surface area (Å²) in [7, 11) is 0. The van der Waals surface area contributed by atoms with E-state index in [-0.39, 0.29) is 18.6 Å². The molecule has 0 unspecified atom stereocenters. The minimum Gasteiger partial charge on any atom is -0.445 e. The number of amides is 2. The molecule has 0 spiro atoms. The molecule has 1 rings (SSSR count). The van der Waals surface area contributed by atoms with Gasteiger partial charge in [-0.25, -0.2) is 4.79 Å². The molecule has 1 aromatic rings. The molecule has 24 heavy (non-hydrogen) atoms. The van der Waals surface area contributed by atoms with E-state index in [1.807, 2.05) is 37.3 Å². The first-order valence-corrected chi connectivity index (χ1v) is 8.51. The Bertz CT molecular complexity index is 479. The Morgan fingerprint density at radius 1 is 1.12 bits per heavy atom. The summed E-state index contributed by atoms with van der Waals surface area (Å²) in [6, 6.07) is 9.42. The number of aliphatic hydroxyl groups excluding tert-OH is 1. The van der Waals surface area contributed by atoms with E-state index in [1.54, 1.807) is 0 Å². The highest BCUT2D eigenvalue weighted by Crippen LogP contribution is 2.06. The van der Waals surface area contributed by atoms with Crippen LogP contribution in [-0.4, -0.2) is 36.3 Å². The number of aliphatic hydroxyl groups is 1. The van der Waals surface area contributed by atoms with Crippen LogP contribution in [0.2, 0.25) is 0 Å². The van der Waals surface area contributed by atoms with Gasteiger partial charge in [-0.15, -0.1) is 0 Å². The van der Waals surface area contributed by atoms with Gasteiger partial charge in [0.25, 0.3) is 0 Å². The summed E-state index contributed by atoms with van der Waals surface area (Å²) in [6.07, 6.45) is 2.60. The van der Waals surface area contributed by atoms with Crippen LogP contribution in [0.15, 0.2) is 30.3 Å². The van der Waals surface area contributed by atoms with Crippen molar-refractivity contribution in [3.05, 3.63) is 35.9 Å². The summed E-state index contributed by atoms with van der Waals surface area (Å²) in [5.41, 5.74) is 0.922. The predicted molar refractivity (Wildman–Crippen MR) is 92.4 cm³/mol. The molecule has 1 aromatic carbocycles. The third-order valence-electron chi connectivity index (χ3n) is 3.49. The summed E-state index contributed by atoms with van der Waals surface area (Å²) in [5.74, 6) is -0.0712. The zero-order valence-electron chi connectivity index (χ0n) is 14.3. The molecule has 6 heteroatoms. The summed E-state index contributed by atoms with van der Waals surface area (Å²) in [6.45, 7) is 2.92. The van der Waals surface area contributed by atoms with E-state index in [4.69, 9.17) is 4.74 Å². The number of nitrogens with one attached hydrogen (secondary N) is 2. The number of rotatable bonds is 11. The summed E-state index contributed by atoms with van der Waals surface area (Å²) in [4.78, 5) is 23.1. The maximum absolute atomic E-state index is 11.6.